The van der Waals surface area contributed by atoms with E-state index in [1.807, 2.05) is 34.3 Å². The molecule has 4 aliphatic rings. The molecule has 63 heavy (non-hydrogen) atoms. The fourth-order valence-electron chi connectivity index (χ4n) is 8.66. The largest absolute Gasteiger partial charge is 0.336 e. The first kappa shape index (κ1) is 41.9. The molecule has 4 fully saturated rings. The summed E-state index contributed by atoms with van der Waals surface area (Å²) in [5.41, 5.74) is 4.94. The Morgan fingerprint density at radius 3 is 1.49 bits per heavy atom. The molecule has 16 heteroatoms. The minimum absolute atomic E-state index is 0.00275. The third kappa shape index (κ3) is 9.42. The maximum Gasteiger partial charge on any atom is 0.264 e. The van der Waals surface area contributed by atoms with E-state index in [-0.39, 0.29) is 47.5 Å². The molecular weight excluding hydrogens is 869 g/mol. The molecule has 4 aromatic heterocycles. The number of likely N-dealkylation sites (tertiary alicyclic amines) is 2. The Bertz CT molecular complexity index is 2450. The molecule has 2 atom stereocenters. The highest BCUT2D eigenvalue weighted by Crippen LogP contribution is 2.38. The Morgan fingerprint density at radius 2 is 1.06 bits per heavy atom. The van der Waals surface area contributed by atoms with Crippen molar-refractivity contribution in [1.29, 1.82) is 0 Å². The summed E-state index contributed by atoms with van der Waals surface area (Å²) in [6, 6.07) is 24.5. The minimum Gasteiger partial charge on any atom is -0.336 e. The fraction of sp³-hybridized carbons (Fsp3) is 0.362. The lowest BCUT2D eigenvalue weighted by Crippen LogP contribution is -2.48. The van der Waals surface area contributed by atoms with Gasteiger partial charge in [0.15, 0.2) is 0 Å². The molecule has 324 valence electrons. The van der Waals surface area contributed by atoms with Gasteiger partial charge in [0, 0.05) is 50.4 Å². The van der Waals surface area contributed by atoms with Crippen LogP contribution in [0.25, 0.3) is 20.9 Å². The topological polar surface area (TPSA) is 149 Å². The Balaban J connectivity index is 0.673. The average molecular weight is 917 g/mol. The van der Waals surface area contributed by atoms with Gasteiger partial charge in [0.25, 0.3) is 11.8 Å². The third-order valence-corrected chi connectivity index (χ3v) is 16.7. The van der Waals surface area contributed by atoms with E-state index in [0.29, 0.717) is 45.9 Å². The van der Waals surface area contributed by atoms with Crippen molar-refractivity contribution in [1.82, 2.24) is 30.4 Å². The van der Waals surface area contributed by atoms with Gasteiger partial charge >= 0.3 is 0 Å². The van der Waals surface area contributed by atoms with Gasteiger partial charge in [-0.15, -0.1) is 45.3 Å². The first-order valence-electron chi connectivity index (χ1n) is 21.8. The second-order valence-corrected chi connectivity index (χ2v) is 21.1. The van der Waals surface area contributed by atoms with E-state index in [9.17, 15) is 19.2 Å². The van der Waals surface area contributed by atoms with Crippen molar-refractivity contribution in [2.24, 2.45) is 0 Å². The Morgan fingerprint density at radius 1 is 0.603 bits per heavy atom. The molecule has 8 heterocycles. The van der Waals surface area contributed by atoms with Crippen molar-refractivity contribution in [2.75, 3.05) is 49.9 Å². The molecule has 1 unspecified atom stereocenters. The second kappa shape index (κ2) is 18.6. The van der Waals surface area contributed by atoms with Crippen LogP contribution in [0, 0.1) is 0 Å². The maximum absolute atomic E-state index is 13.2. The summed E-state index contributed by atoms with van der Waals surface area (Å²) < 4.78 is 0. The first-order chi connectivity index (χ1) is 30.8. The van der Waals surface area contributed by atoms with Gasteiger partial charge in [0.1, 0.15) is 0 Å². The summed E-state index contributed by atoms with van der Waals surface area (Å²) in [4.78, 5) is 68.2. The second-order valence-electron chi connectivity index (χ2n) is 16.8. The normalized spacial score (nSPS) is 18.9. The van der Waals surface area contributed by atoms with Crippen LogP contribution in [0.4, 0.5) is 10.0 Å². The van der Waals surface area contributed by atoms with Crippen molar-refractivity contribution in [3.63, 3.8) is 0 Å². The van der Waals surface area contributed by atoms with E-state index in [2.05, 4.69) is 69.8 Å². The number of benzene rings is 2. The molecule has 2 aromatic carbocycles. The summed E-state index contributed by atoms with van der Waals surface area (Å²) in [6.07, 6.45) is 10.6. The lowest BCUT2D eigenvalue weighted by molar-refractivity contribution is -0.118. The molecule has 0 aliphatic carbocycles. The van der Waals surface area contributed by atoms with Crippen LogP contribution in [0.15, 0.2) is 85.2 Å². The summed E-state index contributed by atoms with van der Waals surface area (Å²) >= 11 is 6.09. The highest BCUT2D eigenvalue weighted by atomic mass is 32.1. The average Bonchev–Trinajstić information content (AvgIpc) is 4.12. The van der Waals surface area contributed by atoms with E-state index in [1.54, 1.807) is 34.8 Å². The number of hydrogen-bond acceptors (Lipinski definition) is 12. The van der Waals surface area contributed by atoms with Crippen LogP contribution in [0.5, 0.6) is 0 Å². The van der Waals surface area contributed by atoms with Gasteiger partial charge in [-0.05, 0) is 105 Å². The van der Waals surface area contributed by atoms with E-state index < -0.39 is 0 Å². The molecule has 0 spiro atoms. The number of carbonyl (C=O) groups is 4. The van der Waals surface area contributed by atoms with Gasteiger partial charge in [0.05, 0.1) is 51.6 Å². The monoisotopic (exact) mass is 916 g/mol. The summed E-state index contributed by atoms with van der Waals surface area (Å²) in [5, 5.41) is 15.9. The molecular formula is C47H48N8O4S4. The van der Waals surface area contributed by atoms with Gasteiger partial charge in [-0.1, -0.05) is 48.5 Å². The van der Waals surface area contributed by atoms with Gasteiger partial charge in [0.2, 0.25) is 11.8 Å². The lowest BCUT2D eigenvalue weighted by atomic mass is 10.0. The number of rotatable bonds is 14. The quantitative estimate of drug-likeness (QED) is 0.0858. The van der Waals surface area contributed by atoms with Crippen LogP contribution in [-0.2, 0) is 22.4 Å². The van der Waals surface area contributed by atoms with Crippen molar-refractivity contribution in [3.05, 3.63) is 116 Å². The molecule has 6 aromatic rings. The molecule has 4 aliphatic heterocycles. The highest BCUT2D eigenvalue weighted by Gasteiger charge is 2.36. The van der Waals surface area contributed by atoms with Crippen LogP contribution in [-0.4, -0.2) is 94.7 Å². The Labute approximate surface area is 382 Å². The molecule has 10 rings (SSSR count). The predicted octanol–water partition coefficient (Wildman–Crippen LogP) is 8.09. The molecule has 4 amide bonds. The molecule has 12 nitrogen and oxygen atoms in total. The number of amides is 4. The van der Waals surface area contributed by atoms with Crippen LogP contribution in [0.2, 0.25) is 0 Å². The zero-order valence-corrected chi connectivity index (χ0v) is 37.9. The summed E-state index contributed by atoms with van der Waals surface area (Å²) in [7, 11) is 0. The summed E-state index contributed by atoms with van der Waals surface area (Å²) in [6.45, 7) is 4.30. The van der Waals surface area contributed by atoms with Crippen molar-refractivity contribution in [2.45, 2.75) is 68.9 Å². The van der Waals surface area contributed by atoms with Crippen LogP contribution in [0.3, 0.4) is 0 Å². The number of carbonyl (C=O) groups excluding carboxylic acids is 4. The van der Waals surface area contributed by atoms with Gasteiger partial charge in [-0.3, -0.25) is 19.2 Å². The van der Waals surface area contributed by atoms with E-state index in [0.717, 1.165) is 77.8 Å². The molecule has 4 saturated heterocycles. The molecule has 4 N–H and O–H groups in total. The minimum atomic E-state index is -0.155. The SMILES string of the molecule is O=C(Nc1ccc(C(=O)N2CC(c3ncc(-c4cccc(CCCc5cccc(-c6cnc(C7CN(C(=O)c8ccc(NC(=O)[C@@H]9CCCN9)s8)C7)s6)c5)c4)s3)C2)s1)C1CCCN1. The summed E-state index contributed by atoms with van der Waals surface area (Å²) in [5.74, 6) is 0.389. The fourth-order valence-corrected chi connectivity index (χ4v) is 12.4. The zero-order valence-electron chi connectivity index (χ0n) is 34.6. The van der Waals surface area contributed by atoms with Gasteiger partial charge in [-0.25, -0.2) is 9.97 Å². The van der Waals surface area contributed by atoms with Crippen LogP contribution in [0.1, 0.15) is 84.4 Å². The smallest absolute Gasteiger partial charge is 0.264 e. The van der Waals surface area contributed by atoms with E-state index in [1.165, 1.54) is 44.9 Å². The van der Waals surface area contributed by atoms with E-state index >= 15 is 0 Å². The number of thiazole rings is 2. The van der Waals surface area contributed by atoms with Crippen LogP contribution < -0.4 is 21.3 Å². The van der Waals surface area contributed by atoms with Crippen molar-refractivity contribution >= 4 is 79.0 Å². The van der Waals surface area contributed by atoms with Crippen molar-refractivity contribution < 1.29 is 19.2 Å². The number of nitrogens with one attached hydrogen (secondary N) is 4. The number of anilines is 2. The maximum atomic E-state index is 13.2. The predicted molar refractivity (Wildman–Crippen MR) is 252 cm³/mol. The number of aromatic nitrogens is 2. The first-order valence-corrected chi connectivity index (χ1v) is 25.0. The molecule has 0 bridgehead atoms. The Kier molecular flexibility index (Phi) is 12.3. The van der Waals surface area contributed by atoms with Crippen LogP contribution >= 0.6 is 45.3 Å². The molecule has 0 radical (unpaired) electrons. The lowest BCUT2D eigenvalue weighted by Gasteiger charge is -2.37. The van der Waals surface area contributed by atoms with Gasteiger partial charge < -0.3 is 31.1 Å². The molecule has 0 saturated carbocycles. The Hall–Kier alpha value is -5.10. The van der Waals surface area contributed by atoms with E-state index in [4.69, 9.17) is 9.97 Å². The third-order valence-electron chi connectivity index (χ3n) is 12.3. The highest BCUT2D eigenvalue weighted by molar-refractivity contribution is 7.18. The van der Waals surface area contributed by atoms with Crippen molar-refractivity contribution in [3.8, 4) is 20.9 Å². The number of nitrogens with zero attached hydrogens (tertiary/aromatic N) is 4. The number of aryl methyl sites for hydroxylation is 2. The number of hydrogen-bond donors (Lipinski definition) is 4. The zero-order chi connectivity index (χ0) is 42.9. The standard InChI is InChI=1S/C47H48N8O4S4/c56-42(34-12-4-18-48-34)52-40-16-14-36(60-40)46(58)54-24-32(25-54)44-50-22-38(62-44)30-10-2-8-28(20-30)6-1-7-29-9-3-11-31(21-29)39-23-51-45(63-39)33-26-55(27-33)47(59)37-15-17-41(61-37)53-43(57)35-13-5-19-49-35/h2-3,8-11,14-17,20-23,32-35,48-49H,1,4-7,12-13,18-19,24-27H2,(H,52,56)(H,53,57)/t34-,35?/m0/s1. The van der Waals surface area contributed by atoms with Gasteiger partial charge in [-0.2, -0.15) is 0 Å². The number of thiophene rings is 2.